The molecule has 0 aliphatic rings. The fourth-order valence-corrected chi connectivity index (χ4v) is 3.94. The van der Waals surface area contributed by atoms with E-state index in [1.54, 1.807) is 30.7 Å². The molecule has 34 heavy (non-hydrogen) atoms. The molecule has 0 saturated heterocycles. The Morgan fingerprint density at radius 3 is 2.29 bits per heavy atom. The molecule has 3 amide bonds. The Hall–Kier alpha value is -4.67. The van der Waals surface area contributed by atoms with E-state index in [1.165, 1.54) is 12.3 Å². The van der Waals surface area contributed by atoms with Crippen LogP contribution in [0.5, 0.6) is 0 Å². The Morgan fingerprint density at radius 2 is 1.71 bits per heavy atom. The number of nitrogens with two attached hydrogens (primary N) is 3. The van der Waals surface area contributed by atoms with Gasteiger partial charge in [-0.25, -0.2) is 9.37 Å². The first kappa shape index (κ1) is 22.5. The van der Waals surface area contributed by atoms with Gasteiger partial charge in [0.1, 0.15) is 11.5 Å². The fraction of sp³-hybridized carbons (Fsp3) is 0.130. The minimum Gasteiger partial charge on any atom is -0.366 e. The summed E-state index contributed by atoms with van der Waals surface area (Å²) in [6, 6.07) is 6.83. The molecule has 0 atom stereocenters. The quantitative estimate of drug-likeness (QED) is 0.393. The molecule has 0 radical (unpaired) electrons. The zero-order valence-electron chi connectivity index (χ0n) is 18.3. The number of benzene rings is 1. The van der Waals surface area contributed by atoms with Crippen molar-refractivity contribution in [3.63, 3.8) is 0 Å². The zero-order chi connectivity index (χ0) is 24.7. The maximum absolute atomic E-state index is 14.0. The lowest BCUT2D eigenvalue weighted by molar-refractivity contribution is 0.0988. The first-order chi connectivity index (χ1) is 16.1. The molecule has 6 N–H and O–H groups in total. The molecule has 0 saturated carbocycles. The first-order valence-corrected chi connectivity index (χ1v) is 10.1. The molecule has 10 nitrogen and oxygen atoms in total. The third-order valence-corrected chi connectivity index (χ3v) is 5.48. The number of halogens is 1. The van der Waals surface area contributed by atoms with Crippen LogP contribution in [0.3, 0.4) is 0 Å². The van der Waals surface area contributed by atoms with Gasteiger partial charge >= 0.3 is 0 Å². The van der Waals surface area contributed by atoms with Crippen LogP contribution in [0.2, 0.25) is 0 Å². The van der Waals surface area contributed by atoms with Crippen molar-refractivity contribution in [2.24, 2.45) is 17.2 Å². The third-order valence-electron chi connectivity index (χ3n) is 5.48. The Balaban J connectivity index is 1.94. The molecule has 172 valence electrons. The summed E-state index contributed by atoms with van der Waals surface area (Å²) in [5.74, 6) is -2.93. The number of amides is 3. The van der Waals surface area contributed by atoms with E-state index in [4.69, 9.17) is 17.2 Å². The summed E-state index contributed by atoms with van der Waals surface area (Å²) in [6.45, 7) is 3.64. The number of nitrogens with zero attached hydrogens (tertiary/aromatic N) is 4. The highest BCUT2D eigenvalue weighted by atomic mass is 19.1. The summed E-state index contributed by atoms with van der Waals surface area (Å²) in [5, 5.41) is 4.67. The number of aryl methyl sites for hydroxylation is 1. The van der Waals surface area contributed by atoms with Crippen molar-refractivity contribution in [2.75, 3.05) is 0 Å². The van der Waals surface area contributed by atoms with Gasteiger partial charge in [0, 0.05) is 28.4 Å². The summed E-state index contributed by atoms with van der Waals surface area (Å²) >= 11 is 0. The van der Waals surface area contributed by atoms with Gasteiger partial charge in [-0.1, -0.05) is 0 Å². The van der Waals surface area contributed by atoms with E-state index in [-0.39, 0.29) is 39.8 Å². The lowest BCUT2D eigenvalue weighted by atomic mass is 9.92. The number of hydrogen-bond acceptors (Lipinski definition) is 6. The predicted molar refractivity (Wildman–Crippen MR) is 121 cm³/mol. The number of fused-ring (bicyclic) bond motifs is 1. The van der Waals surface area contributed by atoms with E-state index in [9.17, 15) is 18.8 Å². The Labute approximate surface area is 192 Å². The van der Waals surface area contributed by atoms with Gasteiger partial charge in [0.05, 0.1) is 34.6 Å². The second kappa shape index (κ2) is 8.35. The SMILES string of the molecule is Cc1nn(Cc2ccc(C(N)=O)cn2)c(C)c1-c1c(C(N)=O)nc2ccc(F)cc2c1C(N)=O. The van der Waals surface area contributed by atoms with Gasteiger partial charge in [-0.15, -0.1) is 0 Å². The Bertz CT molecular complexity index is 1490. The lowest BCUT2D eigenvalue weighted by Crippen LogP contribution is -2.21. The maximum Gasteiger partial charge on any atom is 0.267 e. The minimum atomic E-state index is -0.876. The average Bonchev–Trinajstić information content (AvgIpc) is 3.04. The molecule has 1 aromatic carbocycles. The average molecular weight is 461 g/mol. The summed E-state index contributed by atoms with van der Waals surface area (Å²) in [5.41, 5.74) is 18.9. The Kier molecular flexibility index (Phi) is 5.53. The van der Waals surface area contributed by atoms with Gasteiger partial charge in [0.25, 0.3) is 5.91 Å². The molecular formula is C23H20FN7O3. The molecule has 3 heterocycles. The topological polar surface area (TPSA) is 173 Å². The summed E-state index contributed by atoms with van der Waals surface area (Å²) in [4.78, 5) is 44.7. The molecular weight excluding hydrogens is 441 g/mol. The molecule has 0 unspecified atom stereocenters. The predicted octanol–water partition coefficient (Wildman–Crippen LogP) is 1.59. The molecule has 0 aliphatic carbocycles. The number of carbonyl (C=O) groups excluding carboxylic acids is 3. The largest absolute Gasteiger partial charge is 0.366 e. The standard InChI is InChI=1S/C23H20FN7O3/c1-10-17(11(2)31(30-10)9-14-5-3-12(8-28-14)21(25)32)19-18(22(26)33)15-7-13(24)4-6-16(15)29-20(19)23(27)34/h3-8H,9H2,1-2H3,(H2,25,32)(H2,26,33)(H2,27,34). The number of primary amides is 3. The minimum absolute atomic E-state index is 0.0759. The van der Waals surface area contributed by atoms with Crippen LogP contribution in [0.1, 0.15) is 48.3 Å². The van der Waals surface area contributed by atoms with Gasteiger partial charge in [-0.3, -0.25) is 24.0 Å². The number of aromatic nitrogens is 4. The molecule has 0 bridgehead atoms. The van der Waals surface area contributed by atoms with E-state index in [2.05, 4.69) is 15.1 Å². The van der Waals surface area contributed by atoms with Crippen LogP contribution in [0.15, 0.2) is 36.5 Å². The summed E-state index contributed by atoms with van der Waals surface area (Å²) in [7, 11) is 0. The van der Waals surface area contributed by atoms with Crippen molar-refractivity contribution in [1.82, 2.24) is 19.7 Å². The highest BCUT2D eigenvalue weighted by Crippen LogP contribution is 2.36. The van der Waals surface area contributed by atoms with Gasteiger partial charge < -0.3 is 17.2 Å². The number of carbonyl (C=O) groups is 3. The molecule has 3 aromatic heterocycles. The third kappa shape index (κ3) is 3.83. The smallest absolute Gasteiger partial charge is 0.267 e. The van der Waals surface area contributed by atoms with Crippen LogP contribution in [-0.2, 0) is 6.54 Å². The summed E-state index contributed by atoms with van der Waals surface area (Å²) < 4.78 is 15.6. The van der Waals surface area contributed by atoms with Crippen LogP contribution in [-0.4, -0.2) is 37.5 Å². The van der Waals surface area contributed by atoms with Gasteiger partial charge in [-0.2, -0.15) is 5.10 Å². The van der Waals surface area contributed by atoms with Crippen molar-refractivity contribution < 1.29 is 18.8 Å². The highest BCUT2D eigenvalue weighted by molar-refractivity contribution is 6.15. The van der Waals surface area contributed by atoms with E-state index in [0.717, 1.165) is 12.1 Å². The van der Waals surface area contributed by atoms with Crippen LogP contribution in [0, 0.1) is 19.7 Å². The normalized spacial score (nSPS) is 11.0. The van der Waals surface area contributed by atoms with E-state index in [0.29, 0.717) is 22.6 Å². The molecule has 0 aliphatic heterocycles. The maximum atomic E-state index is 14.0. The zero-order valence-corrected chi connectivity index (χ0v) is 18.3. The van der Waals surface area contributed by atoms with Crippen LogP contribution in [0.25, 0.3) is 22.0 Å². The van der Waals surface area contributed by atoms with Crippen molar-refractivity contribution in [2.45, 2.75) is 20.4 Å². The van der Waals surface area contributed by atoms with Gasteiger partial charge in [0.2, 0.25) is 11.8 Å². The molecule has 0 spiro atoms. The monoisotopic (exact) mass is 461 g/mol. The van der Waals surface area contributed by atoms with E-state index >= 15 is 0 Å². The van der Waals surface area contributed by atoms with Gasteiger partial charge in [0.15, 0.2) is 0 Å². The fourth-order valence-electron chi connectivity index (χ4n) is 3.94. The molecule has 4 rings (SSSR count). The number of hydrogen-bond donors (Lipinski definition) is 3. The molecule has 11 heteroatoms. The van der Waals surface area contributed by atoms with E-state index < -0.39 is 23.5 Å². The number of rotatable bonds is 6. The van der Waals surface area contributed by atoms with Gasteiger partial charge in [-0.05, 0) is 44.2 Å². The number of pyridine rings is 2. The van der Waals surface area contributed by atoms with Crippen LogP contribution < -0.4 is 17.2 Å². The lowest BCUT2D eigenvalue weighted by Gasteiger charge is -2.15. The second-order valence-electron chi connectivity index (χ2n) is 7.71. The van der Waals surface area contributed by atoms with Crippen molar-refractivity contribution >= 4 is 28.6 Å². The molecule has 4 aromatic rings. The van der Waals surface area contributed by atoms with E-state index in [1.807, 2.05) is 0 Å². The van der Waals surface area contributed by atoms with Crippen molar-refractivity contribution in [1.29, 1.82) is 0 Å². The first-order valence-electron chi connectivity index (χ1n) is 10.1. The highest BCUT2D eigenvalue weighted by Gasteiger charge is 2.28. The van der Waals surface area contributed by atoms with Crippen molar-refractivity contribution in [3.8, 4) is 11.1 Å². The van der Waals surface area contributed by atoms with Crippen LogP contribution >= 0.6 is 0 Å². The second-order valence-corrected chi connectivity index (χ2v) is 7.71. The Morgan fingerprint density at radius 1 is 0.971 bits per heavy atom. The summed E-state index contributed by atoms with van der Waals surface area (Å²) in [6.07, 6.45) is 1.36. The van der Waals surface area contributed by atoms with Crippen LogP contribution in [0.4, 0.5) is 4.39 Å². The van der Waals surface area contributed by atoms with Crippen molar-refractivity contribution in [3.05, 3.63) is 76.2 Å². The molecule has 0 fully saturated rings.